The van der Waals surface area contributed by atoms with Crippen molar-refractivity contribution in [1.29, 1.82) is 0 Å². The second kappa shape index (κ2) is 6.26. The number of piperazine rings is 1. The average Bonchev–Trinajstić information content (AvgIpc) is 2.86. The maximum Gasteiger partial charge on any atom is 0.186 e. The molecule has 110 valence electrons. The molecule has 2 fully saturated rings. The first kappa shape index (κ1) is 14.7. The van der Waals surface area contributed by atoms with Crippen molar-refractivity contribution in [3.05, 3.63) is 20.8 Å². The number of nitrogens with zero attached hydrogens (tertiary/aromatic N) is 2. The van der Waals surface area contributed by atoms with Gasteiger partial charge in [-0.05, 0) is 54.4 Å². The summed E-state index contributed by atoms with van der Waals surface area (Å²) in [7, 11) is 0. The van der Waals surface area contributed by atoms with E-state index in [1.54, 1.807) is 0 Å². The molecule has 2 aliphatic rings. The van der Waals surface area contributed by atoms with Gasteiger partial charge in [0.15, 0.2) is 5.78 Å². The number of Topliss-reactive ketones (excluding diaryl/α,β-unsaturated/α-hetero) is 1. The van der Waals surface area contributed by atoms with E-state index in [0.717, 1.165) is 21.8 Å². The molecular weight excluding hydrogens is 336 g/mol. The van der Waals surface area contributed by atoms with Gasteiger partial charge in [-0.25, -0.2) is 0 Å². The summed E-state index contributed by atoms with van der Waals surface area (Å²) in [5.41, 5.74) is 0. The van der Waals surface area contributed by atoms with E-state index >= 15 is 0 Å². The van der Waals surface area contributed by atoms with Gasteiger partial charge in [0.25, 0.3) is 0 Å². The zero-order valence-electron chi connectivity index (χ0n) is 11.8. The van der Waals surface area contributed by atoms with Crippen molar-refractivity contribution in [2.24, 2.45) is 0 Å². The van der Waals surface area contributed by atoms with Crippen LogP contribution in [0.5, 0.6) is 0 Å². The molecule has 3 rings (SSSR count). The molecule has 3 nitrogen and oxygen atoms in total. The Morgan fingerprint density at radius 3 is 3.00 bits per heavy atom. The van der Waals surface area contributed by atoms with Crippen LogP contribution in [0.2, 0.25) is 0 Å². The number of hydrogen-bond donors (Lipinski definition) is 0. The number of carbonyl (C=O) groups is 1. The molecule has 1 aromatic heterocycles. The van der Waals surface area contributed by atoms with Crippen LogP contribution in [0, 0.1) is 0 Å². The highest BCUT2D eigenvalue weighted by Crippen LogP contribution is 2.26. The number of rotatable bonds is 3. The summed E-state index contributed by atoms with van der Waals surface area (Å²) in [6.45, 7) is 6.24. The third-order valence-corrected chi connectivity index (χ3v) is 6.18. The van der Waals surface area contributed by atoms with Gasteiger partial charge in [0.1, 0.15) is 0 Å². The van der Waals surface area contributed by atoms with E-state index in [2.05, 4.69) is 32.7 Å². The summed E-state index contributed by atoms with van der Waals surface area (Å²) >= 11 is 4.97. The summed E-state index contributed by atoms with van der Waals surface area (Å²) in [5.74, 6) is 0.261. The Morgan fingerprint density at radius 2 is 2.25 bits per heavy atom. The lowest BCUT2D eigenvalue weighted by molar-refractivity contribution is 0.0167. The van der Waals surface area contributed by atoms with Crippen LogP contribution >= 0.6 is 27.3 Å². The van der Waals surface area contributed by atoms with Crippen LogP contribution in [0.25, 0.3) is 0 Å². The van der Waals surface area contributed by atoms with Gasteiger partial charge < -0.3 is 0 Å². The van der Waals surface area contributed by atoms with E-state index < -0.39 is 0 Å². The first-order chi connectivity index (χ1) is 9.63. The van der Waals surface area contributed by atoms with E-state index in [1.807, 2.05) is 12.1 Å². The molecule has 2 unspecified atom stereocenters. The highest BCUT2D eigenvalue weighted by atomic mass is 79.9. The second-order valence-electron chi connectivity index (χ2n) is 5.95. The smallest absolute Gasteiger partial charge is 0.186 e. The minimum atomic E-state index is 0.261. The SMILES string of the molecule is CC1CN2CCCCC2CN1CC(=O)c1ccc(Br)s1. The average molecular weight is 357 g/mol. The van der Waals surface area contributed by atoms with Crippen molar-refractivity contribution in [2.45, 2.75) is 38.3 Å². The molecule has 2 aliphatic heterocycles. The molecule has 3 heterocycles. The van der Waals surface area contributed by atoms with Crippen LogP contribution in [0.3, 0.4) is 0 Å². The van der Waals surface area contributed by atoms with E-state index in [1.165, 1.54) is 37.1 Å². The molecule has 0 N–H and O–H groups in total. The molecule has 0 aromatic carbocycles. The predicted molar refractivity (Wildman–Crippen MR) is 86.6 cm³/mol. The van der Waals surface area contributed by atoms with Crippen molar-refractivity contribution in [2.75, 3.05) is 26.2 Å². The maximum absolute atomic E-state index is 12.4. The molecule has 20 heavy (non-hydrogen) atoms. The van der Waals surface area contributed by atoms with Gasteiger partial charge in [-0.3, -0.25) is 14.6 Å². The molecule has 0 bridgehead atoms. The molecular formula is C15H21BrN2OS. The van der Waals surface area contributed by atoms with E-state index in [0.29, 0.717) is 18.6 Å². The Morgan fingerprint density at radius 1 is 1.40 bits per heavy atom. The first-order valence-corrected chi connectivity index (χ1v) is 9.01. The summed E-state index contributed by atoms with van der Waals surface area (Å²) in [6.07, 6.45) is 3.97. The lowest BCUT2D eigenvalue weighted by atomic mass is 9.97. The highest BCUT2D eigenvalue weighted by Gasteiger charge is 2.33. The highest BCUT2D eigenvalue weighted by molar-refractivity contribution is 9.11. The molecule has 5 heteroatoms. The van der Waals surface area contributed by atoms with Crippen LogP contribution in [0.1, 0.15) is 35.9 Å². The summed E-state index contributed by atoms with van der Waals surface area (Å²) in [5, 5.41) is 0. The zero-order valence-corrected chi connectivity index (χ0v) is 14.3. The lowest BCUT2D eigenvalue weighted by Gasteiger charge is -2.47. The zero-order chi connectivity index (χ0) is 14.1. The molecule has 2 saturated heterocycles. The lowest BCUT2D eigenvalue weighted by Crippen LogP contribution is -2.59. The summed E-state index contributed by atoms with van der Waals surface area (Å²) in [4.78, 5) is 18.2. The maximum atomic E-state index is 12.4. The fourth-order valence-electron chi connectivity index (χ4n) is 3.36. The number of piperidine rings is 1. The standard InChI is InChI=1S/C15H21BrN2OS/c1-11-8-17-7-3-2-4-12(17)9-18(11)10-13(19)14-5-6-15(16)20-14/h5-6,11-12H,2-4,7-10H2,1H3. The largest absolute Gasteiger partial charge is 0.298 e. The van der Waals surface area contributed by atoms with Gasteiger partial charge in [0, 0.05) is 25.2 Å². The predicted octanol–water partition coefficient (Wildman–Crippen LogP) is 3.25. The first-order valence-electron chi connectivity index (χ1n) is 7.40. The molecule has 0 radical (unpaired) electrons. The van der Waals surface area contributed by atoms with Crippen LogP contribution in [-0.4, -0.2) is 53.8 Å². The van der Waals surface area contributed by atoms with Gasteiger partial charge >= 0.3 is 0 Å². The second-order valence-corrected chi connectivity index (χ2v) is 8.41. The molecule has 0 spiro atoms. The molecule has 1 aromatic rings. The van der Waals surface area contributed by atoms with E-state index in [4.69, 9.17) is 0 Å². The molecule has 0 aliphatic carbocycles. The van der Waals surface area contributed by atoms with Crippen LogP contribution < -0.4 is 0 Å². The fraction of sp³-hybridized carbons (Fsp3) is 0.667. The molecule has 0 amide bonds. The van der Waals surface area contributed by atoms with Crippen LogP contribution in [-0.2, 0) is 0 Å². The van der Waals surface area contributed by atoms with Crippen LogP contribution in [0.15, 0.2) is 15.9 Å². The quantitative estimate of drug-likeness (QED) is 0.776. The Balaban J connectivity index is 1.63. The Kier molecular flexibility index (Phi) is 4.60. The number of thiophene rings is 1. The normalized spacial score (nSPS) is 28.3. The van der Waals surface area contributed by atoms with Crippen molar-refractivity contribution >= 4 is 33.0 Å². The van der Waals surface area contributed by atoms with Gasteiger partial charge in [-0.1, -0.05) is 6.42 Å². The number of halogens is 1. The molecule has 2 atom stereocenters. The Bertz CT molecular complexity index is 490. The van der Waals surface area contributed by atoms with Crippen molar-refractivity contribution < 1.29 is 4.79 Å². The van der Waals surface area contributed by atoms with Crippen molar-refractivity contribution in [1.82, 2.24) is 9.80 Å². The van der Waals surface area contributed by atoms with Gasteiger partial charge in [-0.15, -0.1) is 11.3 Å². The number of hydrogen-bond acceptors (Lipinski definition) is 4. The number of carbonyl (C=O) groups excluding carboxylic acids is 1. The third-order valence-electron chi connectivity index (χ3n) is 4.51. The van der Waals surface area contributed by atoms with Gasteiger partial charge in [-0.2, -0.15) is 0 Å². The van der Waals surface area contributed by atoms with Gasteiger partial charge in [0.2, 0.25) is 0 Å². The summed E-state index contributed by atoms with van der Waals surface area (Å²) < 4.78 is 1.03. The number of fused-ring (bicyclic) bond motifs is 1. The topological polar surface area (TPSA) is 23.6 Å². The third kappa shape index (κ3) is 3.16. The van der Waals surface area contributed by atoms with Crippen LogP contribution in [0.4, 0.5) is 0 Å². The van der Waals surface area contributed by atoms with Crippen molar-refractivity contribution in [3.8, 4) is 0 Å². The minimum Gasteiger partial charge on any atom is -0.298 e. The monoisotopic (exact) mass is 356 g/mol. The Hall–Kier alpha value is -0.230. The fourth-order valence-corrected chi connectivity index (χ4v) is 4.68. The van der Waals surface area contributed by atoms with Gasteiger partial charge in [0.05, 0.1) is 15.2 Å². The van der Waals surface area contributed by atoms with Crippen molar-refractivity contribution in [3.63, 3.8) is 0 Å². The Labute approximate surface area is 133 Å². The molecule has 0 saturated carbocycles. The van der Waals surface area contributed by atoms with E-state index in [9.17, 15) is 4.79 Å². The summed E-state index contributed by atoms with van der Waals surface area (Å²) in [6, 6.07) is 5.04. The van der Waals surface area contributed by atoms with E-state index in [-0.39, 0.29) is 5.78 Å². The minimum absolute atomic E-state index is 0.261. The number of ketones is 1.